The summed E-state index contributed by atoms with van der Waals surface area (Å²) in [7, 11) is 3.81. The number of halogens is 1. The van der Waals surface area contributed by atoms with Gasteiger partial charge >= 0.3 is 0 Å². The number of carbonyl (C=O) groups is 1. The van der Waals surface area contributed by atoms with Crippen molar-refractivity contribution in [1.29, 1.82) is 0 Å². The Hall–Kier alpha value is -2.57. The molecule has 1 N–H and O–H groups in total. The second-order valence-electron chi connectivity index (χ2n) is 6.64. The first-order chi connectivity index (χ1) is 12.4. The number of fused-ring (bicyclic) bond motifs is 1. The second-order valence-corrected chi connectivity index (χ2v) is 6.64. The lowest BCUT2D eigenvalue weighted by Gasteiger charge is -2.22. The van der Waals surface area contributed by atoms with Crippen LogP contribution in [0, 0.1) is 13.8 Å². The van der Waals surface area contributed by atoms with E-state index in [4.69, 9.17) is 8.83 Å². The lowest BCUT2D eigenvalue weighted by Crippen LogP contribution is -2.34. The predicted molar refractivity (Wildman–Crippen MR) is 107 cm³/mol. The Morgan fingerprint density at radius 3 is 2.59 bits per heavy atom. The van der Waals surface area contributed by atoms with E-state index in [1.54, 1.807) is 18.4 Å². The molecule has 27 heavy (non-hydrogen) atoms. The van der Waals surface area contributed by atoms with Crippen LogP contribution in [0.3, 0.4) is 0 Å². The summed E-state index contributed by atoms with van der Waals surface area (Å²) in [4.78, 5) is 26.8. The maximum absolute atomic E-state index is 12.5. The molecule has 0 saturated heterocycles. The van der Waals surface area contributed by atoms with E-state index >= 15 is 0 Å². The highest BCUT2D eigenvalue weighted by atomic mass is 35.5. The normalized spacial score (nSPS) is 12.0. The molecule has 1 amide bonds. The standard InChI is InChI=1S/C20H22N2O4.ClH/c1-12-8-13(2)19-14(9-12)16(23)10-18(26-19)20(24)21-11-15(22(3)4)17-6-5-7-25-17;/h5-10,15H,11H2,1-4H3,(H,21,24);1H. The molecule has 2 aromatic heterocycles. The second kappa shape index (κ2) is 8.41. The molecule has 0 radical (unpaired) electrons. The Labute approximate surface area is 163 Å². The fourth-order valence-corrected chi connectivity index (χ4v) is 3.02. The largest absolute Gasteiger partial charge is 0.468 e. The Morgan fingerprint density at radius 1 is 1.22 bits per heavy atom. The van der Waals surface area contributed by atoms with Gasteiger partial charge in [0, 0.05) is 12.6 Å². The van der Waals surface area contributed by atoms with E-state index in [1.165, 1.54) is 6.07 Å². The van der Waals surface area contributed by atoms with Gasteiger partial charge in [-0.2, -0.15) is 0 Å². The molecule has 1 aromatic carbocycles. The summed E-state index contributed by atoms with van der Waals surface area (Å²) in [6.07, 6.45) is 1.60. The van der Waals surface area contributed by atoms with Crippen LogP contribution in [0.1, 0.15) is 33.5 Å². The minimum absolute atomic E-state index is 0. The van der Waals surface area contributed by atoms with Gasteiger partial charge in [-0.3, -0.25) is 14.5 Å². The smallest absolute Gasteiger partial charge is 0.287 e. The van der Waals surface area contributed by atoms with Gasteiger partial charge in [0.05, 0.1) is 17.7 Å². The molecule has 0 aliphatic rings. The van der Waals surface area contributed by atoms with E-state index in [-0.39, 0.29) is 29.6 Å². The first-order valence-electron chi connectivity index (χ1n) is 8.40. The minimum atomic E-state index is -0.428. The van der Waals surface area contributed by atoms with Crippen LogP contribution in [0.5, 0.6) is 0 Å². The number of likely N-dealkylation sites (N-methyl/N-ethyl adjacent to an activating group) is 1. The van der Waals surface area contributed by atoms with Crippen molar-refractivity contribution in [3.8, 4) is 0 Å². The lowest BCUT2D eigenvalue weighted by molar-refractivity contribution is 0.0912. The van der Waals surface area contributed by atoms with Crippen molar-refractivity contribution >= 4 is 29.3 Å². The van der Waals surface area contributed by atoms with Gasteiger partial charge in [0.1, 0.15) is 11.3 Å². The van der Waals surface area contributed by atoms with Crippen molar-refractivity contribution in [2.75, 3.05) is 20.6 Å². The SMILES string of the molecule is Cc1cc(C)c2oc(C(=O)NCC(c3ccco3)N(C)C)cc(=O)c2c1.Cl. The number of benzene rings is 1. The summed E-state index contributed by atoms with van der Waals surface area (Å²) >= 11 is 0. The fraction of sp³-hybridized carbons (Fsp3) is 0.300. The maximum Gasteiger partial charge on any atom is 0.287 e. The number of nitrogens with zero attached hydrogens (tertiary/aromatic N) is 1. The van der Waals surface area contributed by atoms with Gasteiger partial charge in [-0.15, -0.1) is 12.4 Å². The van der Waals surface area contributed by atoms with E-state index in [0.717, 1.165) is 16.9 Å². The van der Waals surface area contributed by atoms with Crippen molar-refractivity contribution < 1.29 is 13.6 Å². The molecule has 0 saturated carbocycles. The quantitative estimate of drug-likeness (QED) is 0.722. The average molecular weight is 391 g/mol. The van der Waals surface area contributed by atoms with Crippen LogP contribution in [-0.4, -0.2) is 31.4 Å². The molecule has 6 nitrogen and oxygen atoms in total. The van der Waals surface area contributed by atoms with Crippen molar-refractivity contribution in [3.63, 3.8) is 0 Å². The number of aryl methyl sites for hydroxylation is 2. The molecule has 7 heteroatoms. The topological polar surface area (TPSA) is 75.7 Å². The summed E-state index contributed by atoms with van der Waals surface area (Å²) in [6.45, 7) is 4.11. The van der Waals surface area contributed by atoms with Crippen molar-refractivity contribution in [1.82, 2.24) is 10.2 Å². The molecule has 3 aromatic rings. The summed E-state index contributed by atoms with van der Waals surface area (Å²) in [5.41, 5.74) is 2.03. The van der Waals surface area contributed by atoms with Crippen molar-refractivity contribution in [2.24, 2.45) is 0 Å². The highest BCUT2D eigenvalue weighted by Crippen LogP contribution is 2.20. The first kappa shape index (κ1) is 20.7. The van der Waals surface area contributed by atoms with Crippen LogP contribution in [0.25, 0.3) is 11.0 Å². The number of amides is 1. The number of furan rings is 1. The van der Waals surface area contributed by atoms with Gasteiger partial charge in [0.15, 0.2) is 11.2 Å². The summed E-state index contributed by atoms with van der Waals surface area (Å²) < 4.78 is 11.2. The first-order valence-corrected chi connectivity index (χ1v) is 8.40. The van der Waals surface area contributed by atoms with Gasteiger partial charge in [-0.1, -0.05) is 6.07 Å². The number of hydrogen-bond acceptors (Lipinski definition) is 5. The number of nitrogens with one attached hydrogen (secondary N) is 1. The van der Waals surface area contributed by atoms with Crippen LogP contribution in [0.2, 0.25) is 0 Å². The van der Waals surface area contributed by atoms with Crippen LogP contribution >= 0.6 is 12.4 Å². The minimum Gasteiger partial charge on any atom is -0.468 e. The van der Waals surface area contributed by atoms with Crippen LogP contribution in [0.15, 0.2) is 50.2 Å². The summed E-state index contributed by atoms with van der Waals surface area (Å²) in [5.74, 6) is 0.329. The Bertz CT molecular complexity index is 993. The zero-order valence-electron chi connectivity index (χ0n) is 15.7. The van der Waals surface area contributed by atoms with Gasteiger partial charge < -0.3 is 14.2 Å². The number of hydrogen-bond donors (Lipinski definition) is 1. The molecule has 0 fully saturated rings. The molecule has 0 aliphatic heterocycles. The molecule has 0 aliphatic carbocycles. The lowest BCUT2D eigenvalue weighted by atomic mass is 10.1. The zero-order valence-corrected chi connectivity index (χ0v) is 16.6. The van der Waals surface area contributed by atoms with Crippen LogP contribution in [-0.2, 0) is 0 Å². The highest BCUT2D eigenvalue weighted by Gasteiger charge is 2.20. The molecule has 2 heterocycles. The molecule has 144 valence electrons. The molecule has 0 bridgehead atoms. The molecule has 1 atom stereocenters. The molecular weight excluding hydrogens is 368 g/mol. The monoisotopic (exact) mass is 390 g/mol. The average Bonchev–Trinajstić information content (AvgIpc) is 3.09. The van der Waals surface area contributed by atoms with Crippen molar-refractivity contribution in [3.05, 3.63) is 69.5 Å². The van der Waals surface area contributed by atoms with Crippen molar-refractivity contribution in [2.45, 2.75) is 19.9 Å². The Balaban J connectivity index is 0.00000261. The third-order valence-electron chi connectivity index (χ3n) is 4.33. The Kier molecular flexibility index (Phi) is 6.46. The Morgan fingerprint density at radius 2 is 1.96 bits per heavy atom. The van der Waals surface area contributed by atoms with Gasteiger partial charge in [0.25, 0.3) is 5.91 Å². The van der Waals surface area contributed by atoms with E-state index in [0.29, 0.717) is 17.5 Å². The van der Waals surface area contributed by atoms with Crippen LogP contribution in [0.4, 0.5) is 0 Å². The van der Waals surface area contributed by atoms with E-state index < -0.39 is 5.91 Å². The summed E-state index contributed by atoms with van der Waals surface area (Å²) in [6, 6.07) is 8.49. The number of rotatable bonds is 5. The third kappa shape index (κ3) is 4.40. The van der Waals surface area contributed by atoms with E-state index in [1.807, 2.05) is 45.0 Å². The predicted octanol–water partition coefficient (Wildman–Crippen LogP) is 3.46. The van der Waals surface area contributed by atoms with Gasteiger partial charge in [-0.05, 0) is 57.3 Å². The molecule has 1 unspecified atom stereocenters. The maximum atomic E-state index is 12.5. The highest BCUT2D eigenvalue weighted by molar-refractivity contribution is 5.93. The third-order valence-corrected chi connectivity index (χ3v) is 4.33. The zero-order chi connectivity index (χ0) is 18.8. The van der Waals surface area contributed by atoms with E-state index in [9.17, 15) is 9.59 Å². The molecule has 3 rings (SSSR count). The van der Waals surface area contributed by atoms with Gasteiger partial charge in [-0.25, -0.2) is 0 Å². The number of carbonyl (C=O) groups excluding carboxylic acids is 1. The molecular formula is C20H23ClN2O4. The van der Waals surface area contributed by atoms with Crippen LogP contribution < -0.4 is 10.7 Å². The van der Waals surface area contributed by atoms with Gasteiger partial charge in [0.2, 0.25) is 0 Å². The van der Waals surface area contributed by atoms with E-state index in [2.05, 4.69) is 5.32 Å². The molecule has 0 spiro atoms. The summed E-state index contributed by atoms with van der Waals surface area (Å²) in [5, 5.41) is 3.31. The fourth-order valence-electron chi connectivity index (χ4n) is 3.02.